The number of benzene rings is 5. The van der Waals surface area contributed by atoms with Crippen LogP contribution in [0.2, 0.25) is 0 Å². The van der Waals surface area contributed by atoms with Crippen molar-refractivity contribution < 1.29 is 0 Å². The highest BCUT2D eigenvalue weighted by molar-refractivity contribution is 7.03. The van der Waals surface area contributed by atoms with Crippen LogP contribution in [0.5, 0.6) is 0 Å². The maximum Gasteiger partial charge on any atom is 0.252 e. The Labute approximate surface area is 356 Å². The lowest BCUT2D eigenvalue weighted by Gasteiger charge is -2.53. The van der Waals surface area contributed by atoms with Crippen molar-refractivity contribution in [3.05, 3.63) is 136 Å². The van der Waals surface area contributed by atoms with E-state index in [0.717, 1.165) is 0 Å². The van der Waals surface area contributed by atoms with Gasteiger partial charge in [-0.15, -0.1) is 0 Å². The summed E-state index contributed by atoms with van der Waals surface area (Å²) >= 11 is 0. The minimum Gasteiger partial charge on any atom is -0.335 e. The first kappa shape index (κ1) is 38.7. The lowest BCUT2D eigenvalue weighted by molar-refractivity contribution is 0.195. The van der Waals surface area contributed by atoms with Crippen molar-refractivity contribution in [1.82, 2.24) is 0 Å². The summed E-state index contributed by atoms with van der Waals surface area (Å²) in [5.41, 5.74) is 23.9. The predicted molar refractivity (Wildman–Crippen MR) is 256 cm³/mol. The molecular weight excluding hydrogens is 711 g/mol. The molecule has 5 aromatic carbocycles. The normalized spacial score (nSPS) is 22.6. The van der Waals surface area contributed by atoms with E-state index < -0.39 is 0 Å². The standard InChI is InChI=1S/C56H65BN2/c1-34-28-45-48-46(29-34)59-49-42(55(13)26-18-19-27-56(55,59)14)32-38(53(8,9)10)33-43(49)57(48)47-40-31-36(51(2,3)4)22-24-41(40)54(11,12)50(47)58(45)44-25-23-37(52(5,6)7)30-39(44)35-20-16-15-17-21-35/h15-17,20-25,28-33H,18-19,26-27H2,1-14H3. The molecule has 0 radical (unpaired) electrons. The van der Waals surface area contributed by atoms with Gasteiger partial charge < -0.3 is 9.80 Å². The summed E-state index contributed by atoms with van der Waals surface area (Å²) in [6.45, 7) is 34.1. The largest absolute Gasteiger partial charge is 0.335 e. The molecule has 0 N–H and O–H groups in total. The molecule has 3 heteroatoms. The molecule has 2 nitrogen and oxygen atoms in total. The number of fused-ring (bicyclic) bond motifs is 8. The lowest BCUT2D eigenvalue weighted by atomic mass is 9.32. The molecule has 0 amide bonds. The number of aryl methyl sites for hydroxylation is 1. The Morgan fingerprint density at radius 1 is 0.576 bits per heavy atom. The first-order chi connectivity index (χ1) is 27.6. The molecule has 59 heavy (non-hydrogen) atoms. The molecule has 1 fully saturated rings. The summed E-state index contributed by atoms with van der Waals surface area (Å²) < 4.78 is 0. The summed E-state index contributed by atoms with van der Waals surface area (Å²) in [4.78, 5) is 5.67. The highest BCUT2D eigenvalue weighted by Crippen LogP contribution is 2.64. The van der Waals surface area contributed by atoms with Crippen LogP contribution < -0.4 is 20.7 Å². The number of allylic oxidation sites excluding steroid dienone is 1. The molecule has 0 saturated heterocycles. The molecule has 10 rings (SSSR count). The van der Waals surface area contributed by atoms with E-state index in [1.54, 1.807) is 5.56 Å². The van der Waals surface area contributed by atoms with Gasteiger partial charge in [-0.3, -0.25) is 0 Å². The topological polar surface area (TPSA) is 6.48 Å². The Balaban J connectivity index is 1.39. The first-order valence-corrected chi connectivity index (χ1v) is 22.6. The van der Waals surface area contributed by atoms with Crippen molar-refractivity contribution in [2.45, 2.75) is 155 Å². The van der Waals surface area contributed by atoms with Crippen LogP contribution in [0.4, 0.5) is 22.7 Å². The van der Waals surface area contributed by atoms with Crippen LogP contribution in [-0.2, 0) is 27.1 Å². The maximum absolute atomic E-state index is 2.91. The van der Waals surface area contributed by atoms with E-state index in [9.17, 15) is 0 Å². The van der Waals surface area contributed by atoms with Crippen LogP contribution in [0.15, 0.2) is 96.7 Å². The molecule has 3 heterocycles. The van der Waals surface area contributed by atoms with Crippen LogP contribution in [0, 0.1) is 6.92 Å². The zero-order chi connectivity index (χ0) is 42.0. The number of hydrogen-bond acceptors (Lipinski definition) is 2. The van der Waals surface area contributed by atoms with Crippen molar-refractivity contribution in [3.63, 3.8) is 0 Å². The SMILES string of the molecule is Cc1cc2c3c(c1)N1c4c(cc(C(C)(C)C)cc4C4(C)CCCCC14C)B3C1=C(N2c2ccc(C(C)(C)C)cc2-c2ccccc2)C(C)(C)c2ccc(C(C)(C)C)cc21. The van der Waals surface area contributed by atoms with Gasteiger partial charge in [0.2, 0.25) is 0 Å². The second-order valence-electron chi connectivity index (χ2n) is 23.1. The molecule has 5 aromatic rings. The van der Waals surface area contributed by atoms with Crippen LogP contribution in [-0.4, -0.2) is 12.3 Å². The van der Waals surface area contributed by atoms with Gasteiger partial charge in [0.25, 0.3) is 6.71 Å². The van der Waals surface area contributed by atoms with Crippen molar-refractivity contribution in [2.75, 3.05) is 9.80 Å². The number of hydrogen-bond donors (Lipinski definition) is 0. The van der Waals surface area contributed by atoms with Gasteiger partial charge >= 0.3 is 0 Å². The van der Waals surface area contributed by atoms with E-state index in [2.05, 4.69) is 198 Å². The third-order valence-corrected chi connectivity index (χ3v) is 15.9. The van der Waals surface area contributed by atoms with Gasteiger partial charge in [0.15, 0.2) is 0 Å². The van der Waals surface area contributed by atoms with Gasteiger partial charge in [-0.25, -0.2) is 0 Å². The zero-order valence-corrected chi connectivity index (χ0v) is 38.5. The molecule has 302 valence electrons. The molecule has 0 aromatic heterocycles. The second kappa shape index (κ2) is 12.1. The summed E-state index contributed by atoms with van der Waals surface area (Å²) in [6, 6.07) is 36.5. The van der Waals surface area contributed by atoms with Crippen LogP contribution in [0.1, 0.15) is 155 Å². The molecule has 2 atom stereocenters. The Morgan fingerprint density at radius 2 is 1.19 bits per heavy atom. The van der Waals surface area contributed by atoms with E-state index in [1.165, 1.54) is 115 Å². The quantitative estimate of drug-likeness (QED) is 0.165. The molecule has 0 bridgehead atoms. The van der Waals surface area contributed by atoms with Crippen molar-refractivity contribution in [2.24, 2.45) is 0 Å². The number of rotatable bonds is 2. The second-order valence-corrected chi connectivity index (χ2v) is 23.1. The van der Waals surface area contributed by atoms with Crippen molar-refractivity contribution in [3.8, 4) is 11.1 Å². The summed E-state index contributed by atoms with van der Waals surface area (Å²) in [6.07, 6.45) is 4.99. The Morgan fingerprint density at radius 3 is 1.85 bits per heavy atom. The first-order valence-electron chi connectivity index (χ1n) is 22.6. The minimum absolute atomic E-state index is 0.0121. The average molecular weight is 777 g/mol. The van der Waals surface area contributed by atoms with Crippen LogP contribution >= 0.6 is 0 Å². The van der Waals surface area contributed by atoms with Gasteiger partial charge in [-0.05, 0) is 128 Å². The maximum atomic E-state index is 2.91. The molecular formula is C56H65BN2. The summed E-state index contributed by atoms with van der Waals surface area (Å²) in [5.74, 6) is 0. The predicted octanol–water partition coefficient (Wildman–Crippen LogP) is 13.6. The van der Waals surface area contributed by atoms with Gasteiger partial charge in [-0.2, -0.15) is 0 Å². The average Bonchev–Trinajstić information content (AvgIpc) is 3.53. The van der Waals surface area contributed by atoms with Crippen molar-refractivity contribution in [1.29, 1.82) is 0 Å². The fourth-order valence-corrected chi connectivity index (χ4v) is 12.3. The minimum atomic E-state index is -0.257. The molecule has 1 saturated carbocycles. The number of anilines is 4. The van der Waals surface area contributed by atoms with E-state index >= 15 is 0 Å². The molecule has 2 aliphatic carbocycles. The van der Waals surface area contributed by atoms with Crippen LogP contribution in [0.25, 0.3) is 16.6 Å². The van der Waals surface area contributed by atoms with Gasteiger partial charge in [0, 0.05) is 39.2 Å². The smallest absolute Gasteiger partial charge is 0.252 e. The lowest BCUT2D eigenvalue weighted by Crippen LogP contribution is -2.61. The highest BCUT2D eigenvalue weighted by Gasteiger charge is 2.63. The molecule has 3 aliphatic heterocycles. The Kier molecular flexibility index (Phi) is 7.92. The van der Waals surface area contributed by atoms with E-state index in [0.29, 0.717) is 0 Å². The summed E-state index contributed by atoms with van der Waals surface area (Å²) in [7, 11) is 0. The van der Waals surface area contributed by atoms with Gasteiger partial charge in [-0.1, -0.05) is 163 Å². The molecule has 5 aliphatic rings. The Hall–Kier alpha value is -4.50. The molecule has 2 unspecified atom stereocenters. The van der Waals surface area contributed by atoms with E-state index in [4.69, 9.17) is 0 Å². The fourth-order valence-electron chi connectivity index (χ4n) is 12.3. The monoisotopic (exact) mass is 777 g/mol. The van der Waals surface area contributed by atoms with Gasteiger partial charge in [0.1, 0.15) is 0 Å². The van der Waals surface area contributed by atoms with E-state index in [-0.39, 0.29) is 39.3 Å². The van der Waals surface area contributed by atoms with E-state index in [1.807, 2.05) is 0 Å². The third kappa shape index (κ3) is 5.18. The van der Waals surface area contributed by atoms with Crippen LogP contribution in [0.3, 0.4) is 0 Å². The molecule has 0 spiro atoms. The zero-order valence-electron chi connectivity index (χ0n) is 38.5. The number of nitrogens with zero attached hydrogens (tertiary/aromatic N) is 2. The summed E-state index contributed by atoms with van der Waals surface area (Å²) in [5, 5.41) is 0. The highest BCUT2D eigenvalue weighted by atomic mass is 15.3. The van der Waals surface area contributed by atoms with Crippen molar-refractivity contribution >= 4 is 45.9 Å². The van der Waals surface area contributed by atoms with Gasteiger partial charge in [0.05, 0.1) is 11.2 Å². The third-order valence-electron chi connectivity index (χ3n) is 15.9. The Bertz CT molecular complexity index is 2640. The fraction of sp³-hybridized carbons (Fsp3) is 0.429.